The van der Waals surface area contributed by atoms with Crippen molar-refractivity contribution in [1.82, 2.24) is 20.1 Å². The third-order valence-corrected chi connectivity index (χ3v) is 4.95. The number of ether oxygens (including phenoxy) is 2. The Bertz CT molecular complexity index is 637. The van der Waals surface area contributed by atoms with Gasteiger partial charge in [-0.05, 0) is 0 Å². The molecule has 118 valence electrons. The fourth-order valence-electron chi connectivity index (χ4n) is 2.96. The van der Waals surface area contributed by atoms with Gasteiger partial charge in [-0.15, -0.1) is 11.3 Å². The molecule has 4 heterocycles. The van der Waals surface area contributed by atoms with E-state index >= 15 is 0 Å². The monoisotopic (exact) mass is 342 g/mol. The third kappa shape index (κ3) is 2.55. The molecule has 2 aliphatic heterocycles. The number of thiazole rings is 1. The van der Waals surface area contributed by atoms with Gasteiger partial charge in [0.1, 0.15) is 17.2 Å². The Morgan fingerprint density at radius 1 is 1.55 bits per heavy atom. The average molecular weight is 343 g/mol. The maximum Gasteiger partial charge on any atom is 0.183 e. The van der Waals surface area contributed by atoms with Crippen molar-refractivity contribution in [3.63, 3.8) is 0 Å². The lowest BCUT2D eigenvalue weighted by Gasteiger charge is -2.38. The third-order valence-electron chi connectivity index (χ3n) is 3.98. The minimum atomic E-state index is -0.692. The van der Waals surface area contributed by atoms with Crippen LogP contribution < -0.4 is 5.32 Å². The van der Waals surface area contributed by atoms with Crippen LogP contribution in [0, 0.1) is 0 Å². The second-order valence-electron chi connectivity index (χ2n) is 5.33. The zero-order chi connectivity index (χ0) is 15.1. The number of hydrogen-bond acceptors (Lipinski definition) is 7. The van der Waals surface area contributed by atoms with E-state index in [0.717, 1.165) is 5.01 Å². The van der Waals surface area contributed by atoms with E-state index in [9.17, 15) is 5.11 Å². The molecule has 2 bridgehead atoms. The van der Waals surface area contributed by atoms with Gasteiger partial charge in [0, 0.05) is 24.3 Å². The van der Waals surface area contributed by atoms with Gasteiger partial charge in [-0.25, -0.2) is 4.98 Å². The van der Waals surface area contributed by atoms with Crippen molar-refractivity contribution in [2.24, 2.45) is 0 Å². The topological polar surface area (TPSA) is 81.4 Å². The van der Waals surface area contributed by atoms with E-state index in [-0.39, 0.29) is 12.1 Å². The fourth-order valence-corrected chi connectivity index (χ4v) is 3.67. The van der Waals surface area contributed by atoms with Gasteiger partial charge >= 0.3 is 0 Å². The normalized spacial score (nSPS) is 34.2. The quantitative estimate of drug-likeness (QED) is 0.855. The summed E-state index contributed by atoms with van der Waals surface area (Å²) < 4.78 is 13.1. The van der Waals surface area contributed by atoms with Gasteiger partial charge in [0.25, 0.3) is 0 Å². The van der Waals surface area contributed by atoms with Crippen molar-refractivity contribution < 1.29 is 14.6 Å². The number of aliphatic hydroxyl groups is 1. The summed E-state index contributed by atoms with van der Waals surface area (Å²) in [6.45, 7) is 1.03. The van der Waals surface area contributed by atoms with Gasteiger partial charge in [0.05, 0.1) is 30.0 Å². The first-order chi connectivity index (χ1) is 10.7. The number of rotatable bonds is 4. The van der Waals surface area contributed by atoms with Crippen LogP contribution in [-0.2, 0) is 16.0 Å². The van der Waals surface area contributed by atoms with Crippen LogP contribution in [0.15, 0.2) is 24.0 Å². The highest BCUT2D eigenvalue weighted by Gasteiger charge is 2.51. The van der Waals surface area contributed by atoms with E-state index in [2.05, 4.69) is 15.4 Å². The summed E-state index contributed by atoms with van der Waals surface area (Å²) in [5, 5.41) is 21.7. The Labute approximate surface area is 135 Å². The molecule has 4 rings (SSSR count). The minimum Gasteiger partial charge on any atom is -0.389 e. The van der Waals surface area contributed by atoms with Crippen molar-refractivity contribution >= 4 is 22.9 Å². The standard InChI is InChI=1S/C13H15ClN4O3S/c14-7-3-17-18(5-7)11-12(19)10(8-6-20-13(11)21-8)16-4-9-15-1-2-22-9/h1-3,5,8,10-13,16,19H,4,6H2/t8-,10-,11-,12+,13-/m1/s1. The molecular weight excluding hydrogens is 328 g/mol. The number of nitrogens with one attached hydrogen (secondary N) is 1. The van der Waals surface area contributed by atoms with Crippen molar-refractivity contribution in [2.45, 2.75) is 37.1 Å². The lowest BCUT2D eigenvalue weighted by molar-refractivity contribution is -0.168. The summed E-state index contributed by atoms with van der Waals surface area (Å²) >= 11 is 7.49. The number of nitrogens with zero attached hydrogens (tertiary/aromatic N) is 3. The molecule has 0 unspecified atom stereocenters. The molecule has 2 aromatic heterocycles. The number of fused-ring (bicyclic) bond motifs is 2. The smallest absolute Gasteiger partial charge is 0.183 e. The Balaban J connectivity index is 1.53. The molecule has 7 nitrogen and oxygen atoms in total. The molecule has 2 saturated heterocycles. The molecule has 0 aliphatic carbocycles. The highest BCUT2D eigenvalue weighted by molar-refractivity contribution is 7.09. The maximum atomic E-state index is 10.8. The number of aliphatic hydroxyl groups excluding tert-OH is 1. The second-order valence-corrected chi connectivity index (χ2v) is 6.74. The van der Waals surface area contributed by atoms with Crippen molar-refractivity contribution in [3.05, 3.63) is 34.0 Å². The summed E-state index contributed by atoms with van der Waals surface area (Å²) in [6.07, 6.45) is 3.59. The predicted molar refractivity (Wildman–Crippen MR) is 79.6 cm³/mol. The van der Waals surface area contributed by atoms with Crippen LogP contribution in [0.2, 0.25) is 5.02 Å². The van der Waals surface area contributed by atoms with Crippen molar-refractivity contribution in [1.29, 1.82) is 0 Å². The Kier molecular flexibility index (Phi) is 3.89. The summed E-state index contributed by atoms with van der Waals surface area (Å²) in [5.41, 5.74) is 0. The van der Waals surface area contributed by atoms with Crippen LogP contribution in [0.4, 0.5) is 0 Å². The van der Waals surface area contributed by atoms with Gasteiger partial charge in [-0.3, -0.25) is 4.68 Å². The van der Waals surface area contributed by atoms with Crippen LogP contribution in [0.25, 0.3) is 0 Å². The summed E-state index contributed by atoms with van der Waals surface area (Å²) in [6, 6.07) is -0.685. The highest BCUT2D eigenvalue weighted by atomic mass is 35.5. The van der Waals surface area contributed by atoms with Crippen molar-refractivity contribution in [3.8, 4) is 0 Å². The Morgan fingerprint density at radius 2 is 2.45 bits per heavy atom. The molecule has 0 aromatic carbocycles. The largest absolute Gasteiger partial charge is 0.389 e. The second kappa shape index (κ2) is 5.88. The van der Waals surface area contributed by atoms with Crippen molar-refractivity contribution in [2.75, 3.05) is 6.61 Å². The SMILES string of the molecule is O[C@H]1[C@H](NCc2nccs2)[C@H]2CO[C@H](O2)[C@@H]1n1cc(Cl)cn1. The van der Waals surface area contributed by atoms with E-state index in [1.165, 1.54) is 6.20 Å². The molecule has 0 radical (unpaired) electrons. The lowest BCUT2D eigenvalue weighted by atomic mass is 9.96. The molecular formula is C13H15ClN4O3S. The van der Waals surface area contributed by atoms with E-state index in [4.69, 9.17) is 21.1 Å². The van der Waals surface area contributed by atoms with Gasteiger partial charge in [0.2, 0.25) is 0 Å². The van der Waals surface area contributed by atoms with Gasteiger partial charge in [0.15, 0.2) is 6.29 Å². The van der Waals surface area contributed by atoms with Crippen LogP contribution >= 0.6 is 22.9 Å². The zero-order valence-corrected chi connectivity index (χ0v) is 13.1. The maximum absolute atomic E-state index is 10.8. The number of hydrogen-bond donors (Lipinski definition) is 2. The van der Waals surface area contributed by atoms with Gasteiger partial charge in [-0.1, -0.05) is 11.6 Å². The lowest BCUT2D eigenvalue weighted by Crippen LogP contribution is -2.57. The fraction of sp³-hybridized carbons (Fsp3) is 0.538. The predicted octanol–water partition coefficient (Wildman–Crippen LogP) is 0.808. The summed E-state index contributed by atoms with van der Waals surface area (Å²) in [7, 11) is 0. The van der Waals surface area contributed by atoms with E-state index in [1.54, 1.807) is 28.4 Å². The van der Waals surface area contributed by atoms with Gasteiger partial charge in [-0.2, -0.15) is 5.10 Å². The first-order valence-corrected chi connectivity index (χ1v) is 8.24. The Morgan fingerprint density at radius 3 is 3.18 bits per heavy atom. The first-order valence-electron chi connectivity index (χ1n) is 6.99. The van der Waals surface area contributed by atoms with E-state index in [1.807, 2.05) is 5.38 Å². The van der Waals surface area contributed by atoms with Gasteiger partial charge < -0.3 is 19.9 Å². The van der Waals surface area contributed by atoms with Crippen LogP contribution in [0.5, 0.6) is 0 Å². The Hall–Kier alpha value is -1.03. The van der Waals surface area contributed by atoms with Crippen LogP contribution in [0.3, 0.4) is 0 Å². The molecule has 0 saturated carbocycles. The molecule has 0 amide bonds. The minimum absolute atomic E-state index is 0.178. The summed E-state index contributed by atoms with van der Waals surface area (Å²) in [4.78, 5) is 4.23. The number of halogens is 1. The van der Waals surface area contributed by atoms with Crippen LogP contribution in [0.1, 0.15) is 11.0 Å². The zero-order valence-electron chi connectivity index (χ0n) is 11.5. The molecule has 22 heavy (non-hydrogen) atoms. The number of aromatic nitrogens is 3. The molecule has 2 N–H and O–H groups in total. The molecule has 9 heteroatoms. The molecule has 5 atom stereocenters. The highest BCUT2D eigenvalue weighted by Crippen LogP contribution is 2.35. The van der Waals surface area contributed by atoms with E-state index in [0.29, 0.717) is 18.2 Å². The average Bonchev–Trinajstić information content (AvgIpc) is 3.22. The molecule has 2 aliphatic rings. The van der Waals surface area contributed by atoms with E-state index < -0.39 is 18.4 Å². The first kappa shape index (κ1) is 14.6. The summed E-state index contributed by atoms with van der Waals surface area (Å²) in [5.74, 6) is 0. The molecule has 2 aromatic rings. The molecule has 0 spiro atoms. The molecule has 2 fully saturated rings. The van der Waals surface area contributed by atoms with Crippen LogP contribution in [-0.4, -0.2) is 51.0 Å².